The first-order valence-electron chi connectivity index (χ1n) is 7.39. The Hall–Kier alpha value is -0.980. The first kappa shape index (κ1) is 18.1. The van der Waals surface area contributed by atoms with Gasteiger partial charge in [-0.1, -0.05) is 17.7 Å². The van der Waals surface area contributed by atoms with Gasteiger partial charge in [0.25, 0.3) is 0 Å². The summed E-state index contributed by atoms with van der Waals surface area (Å²) < 4.78 is 5.67. The van der Waals surface area contributed by atoms with Gasteiger partial charge >= 0.3 is 0 Å². The predicted octanol–water partition coefficient (Wildman–Crippen LogP) is 3.18. The highest BCUT2D eigenvalue weighted by Crippen LogP contribution is 2.24. The molecule has 2 N–H and O–H groups in total. The lowest BCUT2D eigenvalue weighted by Gasteiger charge is -2.16. The predicted molar refractivity (Wildman–Crippen MR) is 98.6 cm³/mol. The van der Waals surface area contributed by atoms with Crippen molar-refractivity contribution in [2.24, 2.45) is 10.7 Å². The zero-order chi connectivity index (χ0) is 14.4. The van der Waals surface area contributed by atoms with E-state index in [1.807, 2.05) is 19.2 Å². The number of hydrogen-bond donors (Lipinski definition) is 1. The number of hydrogen-bond acceptors (Lipinski definition) is 2. The summed E-state index contributed by atoms with van der Waals surface area (Å²) in [6.07, 6.45) is 4.50. The summed E-state index contributed by atoms with van der Waals surface area (Å²) in [6, 6.07) is 8.78. The first-order chi connectivity index (χ1) is 9.66. The smallest absolute Gasteiger partial charge is 0.191 e. The Morgan fingerprint density at radius 3 is 2.57 bits per heavy atom. The third kappa shape index (κ3) is 6.54. The Kier molecular flexibility index (Phi) is 7.85. The molecule has 2 rings (SSSR count). The zero-order valence-corrected chi connectivity index (χ0v) is 15.2. The Bertz CT molecular complexity index is 443. The van der Waals surface area contributed by atoms with Crippen molar-refractivity contribution in [3.05, 3.63) is 29.8 Å². The summed E-state index contributed by atoms with van der Waals surface area (Å²) >= 11 is 0. The van der Waals surface area contributed by atoms with Crippen molar-refractivity contribution in [1.29, 1.82) is 0 Å². The van der Waals surface area contributed by atoms with Gasteiger partial charge in [0, 0.05) is 19.6 Å². The minimum Gasteiger partial charge on any atom is -0.494 e. The van der Waals surface area contributed by atoms with Crippen molar-refractivity contribution >= 4 is 29.9 Å². The maximum Gasteiger partial charge on any atom is 0.191 e. The molecule has 0 saturated heterocycles. The summed E-state index contributed by atoms with van der Waals surface area (Å²) in [4.78, 5) is 6.49. The van der Waals surface area contributed by atoms with Crippen molar-refractivity contribution < 1.29 is 4.74 Å². The molecule has 0 atom stereocenters. The fraction of sp³-hybridized carbons (Fsp3) is 0.562. The first-order valence-corrected chi connectivity index (χ1v) is 7.39. The summed E-state index contributed by atoms with van der Waals surface area (Å²) in [5, 5.41) is 0. The topological polar surface area (TPSA) is 50.9 Å². The number of rotatable bonds is 7. The van der Waals surface area contributed by atoms with E-state index in [-0.39, 0.29) is 24.0 Å². The molecule has 0 aliphatic heterocycles. The Morgan fingerprint density at radius 1 is 1.29 bits per heavy atom. The molecular weight excluding hydrogens is 377 g/mol. The molecule has 1 fully saturated rings. The van der Waals surface area contributed by atoms with Gasteiger partial charge in [-0.25, -0.2) is 0 Å². The van der Waals surface area contributed by atoms with Crippen LogP contribution in [0, 0.1) is 6.92 Å². The number of guanidine groups is 1. The molecule has 0 bridgehead atoms. The van der Waals surface area contributed by atoms with Crippen LogP contribution in [-0.4, -0.2) is 37.1 Å². The van der Waals surface area contributed by atoms with Gasteiger partial charge in [-0.15, -0.1) is 24.0 Å². The highest BCUT2D eigenvalue weighted by molar-refractivity contribution is 14.0. The van der Waals surface area contributed by atoms with Crippen molar-refractivity contribution in [1.82, 2.24) is 4.90 Å². The van der Waals surface area contributed by atoms with E-state index in [1.54, 1.807) is 0 Å². The van der Waals surface area contributed by atoms with Gasteiger partial charge in [0.15, 0.2) is 5.96 Å². The number of nitrogens with two attached hydrogens (primary N) is 1. The number of ether oxygens (including phenoxy) is 1. The van der Waals surface area contributed by atoms with Crippen LogP contribution < -0.4 is 10.5 Å². The SMILES string of the molecule is Cc1ccc(OCCCCN=C(N)N(C)C2CC2)cc1.I. The van der Waals surface area contributed by atoms with E-state index in [0.29, 0.717) is 12.0 Å². The fourth-order valence-corrected chi connectivity index (χ4v) is 1.99. The Balaban J connectivity index is 0.00000220. The van der Waals surface area contributed by atoms with Crippen molar-refractivity contribution in [3.63, 3.8) is 0 Å². The molecule has 1 aliphatic rings. The Morgan fingerprint density at radius 2 is 1.95 bits per heavy atom. The van der Waals surface area contributed by atoms with E-state index in [9.17, 15) is 0 Å². The number of unbranched alkanes of at least 4 members (excludes halogenated alkanes) is 1. The van der Waals surface area contributed by atoms with E-state index in [1.165, 1.54) is 18.4 Å². The maximum atomic E-state index is 5.92. The largest absolute Gasteiger partial charge is 0.494 e. The van der Waals surface area contributed by atoms with Crippen molar-refractivity contribution in [2.45, 2.75) is 38.6 Å². The highest BCUT2D eigenvalue weighted by Gasteiger charge is 2.27. The summed E-state index contributed by atoms with van der Waals surface area (Å²) in [5.41, 5.74) is 7.17. The molecule has 0 spiro atoms. The monoisotopic (exact) mass is 403 g/mol. The van der Waals surface area contributed by atoms with Crippen LogP contribution in [0.4, 0.5) is 0 Å². The molecule has 0 heterocycles. The second kappa shape index (κ2) is 9.12. The van der Waals surface area contributed by atoms with Crippen molar-refractivity contribution in [3.8, 4) is 5.75 Å². The lowest BCUT2D eigenvalue weighted by atomic mass is 10.2. The van der Waals surface area contributed by atoms with Gasteiger partial charge in [-0.2, -0.15) is 0 Å². The van der Waals surface area contributed by atoms with E-state index in [0.717, 1.165) is 31.7 Å². The van der Waals surface area contributed by atoms with Crippen LogP contribution in [0.15, 0.2) is 29.3 Å². The average molecular weight is 403 g/mol. The third-order valence-corrected chi connectivity index (χ3v) is 3.57. The second-order valence-corrected chi connectivity index (χ2v) is 5.45. The van der Waals surface area contributed by atoms with Gasteiger partial charge < -0.3 is 15.4 Å². The van der Waals surface area contributed by atoms with Crippen molar-refractivity contribution in [2.75, 3.05) is 20.2 Å². The number of benzene rings is 1. The van der Waals surface area contributed by atoms with Gasteiger partial charge in [0.2, 0.25) is 0 Å². The molecule has 0 unspecified atom stereocenters. The summed E-state index contributed by atoms with van der Waals surface area (Å²) in [6.45, 7) is 3.59. The molecule has 0 aromatic heterocycles. The van der Waals surface area contributed by atoms with Crippen LogP contribution in [0.25, 0.3) is 0 Å². The number of halogens is 1. The standard InChI is InChI=1S/C16H25N3O.HI/c1-13-5-9-15(10-6-13)20-12-4-3-11-18-16(17)19(2)14-7-8-14;/h5-6,9-10,14H,3-4,7-8,11-12H2,1-2H3,(H2,17,18);1H. The van der Waals surface area contributed by atoms with E-state index < -0.39 is 0 Å². The molecule has 118 valence electrons. The molecule has 1 saturated carbocycles. The van der Waals surface area contributed by atoms with Crippen LogP contribution in [0.2, 0.25) is 0 Å². The third-order valence-electron chi connectivity index (χ3n) is 3.57. The normalized spacial score (nSPS) is 14.5. The molecule has 0 radical (unpaired) electrons. The molecule has 5 heteroatoms. The highest BCUT2D eigenvalue weighted by atomic mass is 127. The number of nitrogens with zero attached hydrogens (tertiary/aromatic N) is 2. The minimum atomic E-state index is 0. The second-order valence-electron chi connectivity index (χ2n) is 5.45. The van der Waals surface area contributed by atoms with E-state index in [2.05, 4.69) is 28.9 Å². The van der Waals surface area contributed by atoms with Crippen LogP contribution in [-0.2, 0) is 0 Å². The summed E-state index contributed by atoms with van der Waals surface area (Å²) in [5.74, 6) is 1.61. The minimum absolute atomic E-state index is 0. The number of aryl methyl sites for hydroxylation is 1. The van der Waals surface area contributed by atoms with Gasteiger partial charge in [-0.3, -0.25) is 4.99 Å². The fourth-order valence-electron chi connectivity index (χ4n) is 1.99. The molecule has 0 amide bonds. The number of aliphatic imine (C=N–C) groups is 1. The van der Waals surface area contributed by atoms with Crippen LogP contribution >= 0.6 is 24.0 Å². The molecule has 21 heavy (non-hydrogen) atoms. The van der Waals surface area contributed by atoms with Crippen LogP contribution in [0.3, 0.4) is 0 Å². The van der Waals surface area contributed by atoms with E-state index >= 15 is 0 Å². The lowest BCUT2D eigenvalue weighted by Crippen LogP contribution is -2.35. The molecular formula is C16H26IN3O. The Labute approximate surface area is 144 Å². The summed E-state index contributed by atoms with van der Waals surface area (Å²) in [7, 11) is 2.02. The molecule has 4 nitrogen and oxygen atoms in total. The van der Waals surface area contributed by atoms with Crippen LogP contribution in [0.1, 0.15) is 31.2 Å². The van der Waals surface area contributed by atoms with Gasteiger partial charge in [0.05, 0.1) is 6.61 Å². The molecule has 1 aliphatic carbocycles. The maximum absolute atomic E-state index is 5.92. The van der Waals surface area contributed by atoms with Crippen LogP contribution in [0.5, 0.6) is 5.75 Å². The van der Waals surface area contributed by atoms with E-state index in [4.69, 9.17) is 10.5 Å². The quantitative estimate of drug-likeness (QED) is 0.329. The average Bonchev–Trinajstić information content (AvgIpc) is 3.28. The molecule has 1 aromatic carbocycles. The van der Waals surface area contributed by atoms with Gasteiger partial charge in [-0.05, 0) is 44.7 Å². The lowest BCUT2D eigenvalue weighted by molar-refractivity contribution is 0.307. The molecule has 1 aromatic rings. The zero-order valence-electron chi connectivity index (χ0n) is 12.9. The van der Waals surface area contributed by atoms with Gasteiger partial charge in [0.1, 0.15) is 5.75 Å².